The van der Waals surface area contributed by atoms with E-state index in [0.29, 0.717) is 6.04 Å². The van der Waals surface area contributed by atoms with Gasteiger partial charge < -0.3 is 10.2 Å². The molecule has 3 heteroatoms. The fourth-order valence-corrected chi connectivity index (χ4v) is 2.31. The van der Waals surface area contributed by atoms with Crippen LogP contribution in [0.4, 0.5) is 11.5 Å². The normalized spacial score (nSPS) is 17.4. The fraction of sp³-hybridized carbons (Fsp3) is 0.643. The van der Waals surface area contributed by atoms with E-state index in [-0.39, 0.29) is 0 Å². The minimum absolute atomic E-state index is 0.548. The first-order chi connectivity index (χ1) is 8.15. The zero-order valence-corrected chi connectivity index (χ0v) is 11.1. The van der Waals surface area contributed by atoms with Gasteiger partial charge >= 0.3 is 0 Å². The van der Waals surface area contributed by atoms with Crippen LogP contribution < -0.4 is 10.2 Å². The molecule has 0 amide bonds. The lowest BCUT2D eigenvalue weighted by atomic mass is 9.81. The Hall–Kier alpha value is -1.25. The summed E-state index contributed by atoms with van der Waals surface area (Å²) in [5, 5.41) is 3.53. The molecule has 1 fully saturated rings. The molecule has 1 aliphatic rings. The number of hydrogen-bond acceptors (Lipinski definition) is 3. The van der Waals surface area contributed by atoms with Crippen LogP contribution in [0.3, 0.4) is 0 Å². The number of hydrogen-bond donors (Lipinski definition) is 1. The zero-order chi connectivity index (χ0) is 12.3. The van der Waals surface area contributed by atoms with E-state index in [1.165, 1.54) is 25.7 Å². The minimum Gasteiger partial charge on any atom is -0.381 e. The van der Waals surface area contributed by atoms with Crippen LogP contribution in [0.25, 0.3) is 0 Å². The summed E-state index contributed by atoms with van der Waals surface area (Å²) in [6, 6.07) is 4.71. The summed E-state index contributed by atoms with van der Waals surface area (Å²) in [6.45, 7) is 2.26. The SMILES string of the molecule is CC(CC1CCC1)Nc1ccc(N(C)C)nc1. The van der Waals surface area contributed by atoms with Crippen LogP contribution in [-0.4, -0.2) is 25.1 Å². The highest BCUT2D eigenvalue weighted by Gasteiger charge is 2.19. The molecule has 1 aliphatic carbocycles. The summed E-state index contributed by atoms with van der Waals surface area (Å²) < 4.78 is 0. The quantitative estimate of drug-likeness (QED) is 0.847. The summed E-state index contributed by atoms with van der Waals surface area (Å²) in [7, 11) is 4.02. The first-order valence-electron chi connectivity index (χ1n) is 6.55. The van der Waals surface area contributed by atoms with Gasteiger partial charge in [-0.15, -0.1) is 0 Å². The van der Waals surface area contributed by atoms with Crippen LogP contribution in [0, 0.1) is 5.92 Å². The lowest BCUT2D eigenvalue weighted by Gasteiger charge is -2.28. The van der Waals surface area contributed by atoms with Crippen molar-refractivity contribution in [3.63, 3.8) is 0 Å². The van der Waals surface area contributed by atoms with Crippen molar-refractivity contribution in [1.29, 1.82) is 0 Å². The Morgan fingerprint density at radius 2 is 2.18 bits per heavy atom. The molecular formula is C14H23N3. The van der Waals surface area contributed by atoms with Gasteiger partial charge in [-0.2, -0.15) is 0 Å². The second-order valence-electron chi connectivity index (χ2n) is 5.38. The summed E-state index contributed by atoms with van der Waals surface area (Å²) in [5.41, 5.74) is 1.13. The molecule has 0 aromatic carbocycles. The fourth-order valence-electron chi connectivity index (χ4n) is 2.31. The van der Waals surface area contributed by atoms with E-state index in [0.717, 1.165) is 17.4 Å². The number of rotatable bonds is 5. The van der Waals surface area contributed by atoms with E-state index < -0.39 is 0 Å². The Bertz CT molecular complexity index is 341. The van der Waals surface area contributed by atoms with Crippen molar-refractivity contribution in [1.82, 2.24) is 4.98 Å². The molecule has 0 aliphatic heterocycles. The van der Waals surface area contributed by atoms with Crippen LogP contribution in [-0.2, 0) is 0 Å². The Balaban J connectivity index is 1.84. The predicted octanol–water partition coefficient (Wildman–Crippen LogP) is 3.14. The molecule has 0 bridgehead atoms. The summed E-state index contributed by atoms with van der Waals surface area (Å²) in [4.78, 5) is 6.42. The Morgan fingerprint density at radius 1 is 1.41 bits per heavy atom. The van der Waals surface area contributed by atoms with E-state index >= 15 is 0 Å². The first kappa shape index (κ1) is 12.2. The highest BCUT2D eigenvalue weighted by atomic mass is 15.1. The maximum Gasteiger partial charge on any atom is 0.128 e. The first-order valence-corrected chi connectivity index (χ1v) is 6.55. The van der Waals surface area contributed by atoms with Crippen molar-refractivity contribution in [2.45, 2.75) is 38.6 Å². The van der Waals surface area contributed by atoms with Gasteiger partial charge in [0.2, 0.25) is 0 Å². The molecule has 2 rings (SSSR count). The zero-order valence-electron chi connectivity index (χ0n) is 11.1. The molecule has 1 N–H and O–H groups in total. The van der Waals surface area contributed by atoms with Gasteiger partial charge in [-0.3, -0.25) is 0 Å². The average Bonchev–Trinajstić information content (AvgIpc) is 2.24. The summed E-state index contributed by atoms with van der Waals surface area (Å²) in [6.07, 6.45) is 7.48. The van der Waals surface area contributed by atoms with Crippen LogP contribution >= 0.6 is 0 Å². The van der Waals surface area contributed by atoms with E-state index in [1.54, 1.807) is 0 Å². The molecule has 1 heterocycles. The van der Waals surface area contributed by atoms with Crippen molar-refractivity contribution < 1.29 is 0 Å². The molecule has 3 nitrogen and oxygen atoms in total. The third-order valence-corrected chi connectivity index (χ3v) is 3.53. The third kappa shape index (κ3) is 3.35. The number of nitrogens with zero attached hydrogens (tertiary/aromatic N) is 2. The topological polar surface area (TPSA) is 28.2 Å². The van der Waals surface area contributed by atoms with Gasteiger partial charge in [-0.25, -0.2) is 4.98 Å². The lowest BCUT2D eigenvalue weighted by Crippen LogP contribution is -2.23. The predicted molar refractivity (Wildman–Crippen MR) is 73.6 cm³/mol. The molecule has 1 aromatic rings. The summed E-state index contributed by atoms with van der Waals surface area (Å²) in [5.74, 6) is 1.95. The van der Waals surface area contributed by atoms with Crippen molar-refractivity contribution in [3.05, 3.63) is 18.3 Å². The minimum atomic E-state index is 0.548. The van der Waals surface area contributed by atoms with E-state index in [1.807, 2.05) is 25.2 Å². The number of nitrogens with one attached hydrogen (secondary N) is 1. The maximum absolute atomic E-state index is 4.41. The molecular weight excluding hydrogens is 210 g/mol. The number of aromatic nitrogens is 1. The Morgan fingerprint density at radius 3 is 2.65 bits per heavy atom. The van der Waals surface area contributed by atoms with Crippen molar-refractivity contribution in [3.8, 4) is 0 Å². The van der Waals surface area contributed by atoms with E-state index in [9.17, 15) is 0 Å². The molecule has 1 saturated carbocycles. The van der Waals surface area contributed by atoms with Crippen LogP contribution in [0.1, 0.15) is 32.6 Å². The maximum atomic E-state index is 4.41. The van der Waals surface area contributed by atoms with Crippen molar-refractivity contribution >= 4 is 11.5 Å². The molecule has 0 spiro atoms. The van der Waals surface area contributed by atoms with Crippen molar-refractivity contribution in [2.75, 3.05) is 24.3 Å². The standard InChI is InChI=1S/C14H23N3/c1-11(9-12-5-4-6-12)16-13-7-8-14(15-10-13)17(2)3/h7-8,10-12,16H,4-6,9H2,1-3H3. The molecule has 94 valence electrons. The van der Waals surface area contributed by atoms with Gasteiger partial charge in [-0.1, -0.05) is 19.3 Å². The summed E-state index contributed by atoms with van der Waals surface area (Å²) >= 11 is 0. The van der Waals surface area contributed by atoms with Gasteiger partial charge in [0.05, 0.1) is 11.9 Å². The molecule has 1 aromatic heterocycles. The van der Waals surface area contributed by atoms with Crippen LogP contribution in [0.15, 0.2) is 18.3 Å². The second kappa shape index (κ2) is 5.39. The number of anilines is 2. The Kier molecular flexibility index (Phi) is 3.87. The average molecular weight is 233 g/mol. The van der Waals surface area contributed by atoms with Crippen molar-refractivity contribution in [2.24, 2.45) is 5.92 Å². The number of pyridine rings is 1. The van der Waals surface area contributed by atoms with Crippen LogP contribution in [0.2, 0.25) is 0 Å². The molecule has 17 heavy (non-hydrogen) atoms. The van der Waals surface area contributed by atoms with E-state index in [2.05, 4.69) is 29.4 Å². The Labute approximate surface area is 104 Å². The lowest BCUT2D eigenvalue weighted by molar-refractivity contribution is 0.286. The van der Waals surface area contributed by atoms with Gasteiger partial charge in [0.25, 0.3) is 0 Å². The molecule has 0 radical (unpaired) electrons. The third-order valence-electron chi connectivity index (χ3n) is 3.53. The highest BCUT2D eigenvalue weighted by molar-refractivity contribution is 5.48. The molecule has 1 unspecified atom stereocenters. The smallest absolute Gasteiger partial charge is 0.128 e. The van der Waals surface area contributed by atoms with Crippen LogP contribution in [0.5, 0.6) is 0 Å². The van der Waals surface area contributed by atoms with Gasteiger partial charge in [0.15, 0.2) is 0 Å². The monoisotopic (exact) mass is 233 g/mol. The highest BCUT2D eigenvalue weighted by Crippen LogP contribution is 2.31. The van der Waals surface area contributed by atoms with Gasteiger partial charge in [0.1, 0.15) is 5.82 Å². The van der Waals surface area contributed by atoms with E-state index in [4.69, 9.17) is 0 Å². The van der Waals surface area contributed by atoms with Gasteiger partial charge in [0, 0.05) is 20.1 Å². The molecule has 1 atom stereocenters. The largest absolute Gasteiger partial charge is 0.381 e. The van der Waals surface area contributed by atoms with Gasteiger partial charge in [-0.05, 0) is 31.4 Å². The second-order valence-corrected chi connectivity index (χ2v) is 5.38. The molecule has 0 saturated heterocycles.